The van der Waals surface area contributed by atoms with Crippen LogP contribution in [-0.2, 0) is 11.2 Å². The standard InChI is InChI=1S/C11H14O3/c1-7-5-9(3-4-10(12)13)6-8(2)11(7)14/h5-6,14H,3-4H2,1-2H3,(H,12,13)/p-1. The molecule has 0 spiro atoms. The molecule has 0 aliphatic carbocycles. The minimum absolute atomic E-state index is 0.0175. The van der Waals surface area contributed by atoms with Crippen molar-refractivity contribution in [1.82, 2.24) is 0 Å². The van der Waals surface area contributed by atoms with Crippen molar-refractivity contribution in [2.45, 2.75) is 26.7 Å². The zero-order valence-corrected chi connectivity index (χ0v) is 8.33. The van der Waals surface area contributed by atoms with E-state index >= 15 is 0 Å². The Morgan fingerprint density at radius 3 is 2.29 bits per heavy atom. The molecule has 1 N–H and O–H groups in total. The predicted molar refractivity (Wildman–Crippen MR) is 50.9 cm³/mol. The van der Waals surface area contributed by atoms with Gasteiger partial charge >= 0.3 is 0 Å². The molecule has 1 aromatic rings. The van der Waals surface area contributed by atoms with Gasteiger partial charge in [-0.1, -0.05) is 12.1 Å². The van der Waals surface area contributed by atoms with Crippen molar-refractivity contribution in [1.29, 1.82) is 0 Å². The van der Waals surface area contributed by atoms with Crippen molar-refractivity contribution in [3.05, 3.63) is 28.8 Å². The minimum Gasteiger partial charge on any atom is -0.550 e. The summed E-state index contributed by atoms with van der Waals surface area (Å²) in [6.45, 7) is 3.59. The summed E-state index contributed by atoms with van der Waals surface area (Å²) in [6, 6.07) is 3.59. The normalized spacial score (nSPS) is 10.1. The van der Waals surface area contributed by atoms with Gasteiger partial charge in [0.05, 0.1) is 0 Å². The van der Waals surface area contributed by atoms with E-state index in [0.29, 0.717) is 6.42 Å². The van der Waals surface area contributed by atoms with Gasteiger partial charge in [0, 0.05) is 5.97 Å². The topological polar surface area (TPSA) is 60.4 Å². The third-order valence-electron chi connectivity index (χ3n) is 2.17. The van der Waals surface area contributed by atoms with Crippen LogP contribution in [0, 0.1) is 13.8 Å². The summed E-state index contributed by atoms with van der Waals surface area (Å²) in [7, 11) is 0. The summed E-state index contributed by atoms with van der Waals surface area (Å²) in [5, 5.41) is 19.7. The number of carboxylic acids is 1. The van der Waals surface area contributed by atoms with Crippen molar-refractivity contribution in [3.63, 3.8) is 0 Å². The lowest BCUT2D eigenvalue weighted by Gasteiger charge is -2.08. The van der Waals surface area contributed by atoms with E-state index in [0.717, 1.165) is 16.7 Å². The van der Waals surface area contributed by atoms with E-state index in [1.807, 2.05) is 0 Å². The van der Waals surface area contributed by atoms with Crippen LogP contribution in [0.25, 0.3) is 0 Å². The second-order valence-electron chi connectivity index (χ2n) is 3.45. The molecule has 0 unspecified atom stereocenters. The quantitative estimate of drug-likeness (QED) is 0.768. The smallest absolute Gasteiger partial charge is 0.121 e. The fourth-order valence-electron chi connectivity index (χ4n) is 1.44. The van der Waals surface area contributed by atoms with Crippen LogP contribution in [0.4, 0.5) is 0 Å². The van der Waals surface area contributed by atoms with Crippen LogP contribution < -0.4 is 5.11 Å². The number of phenolic OH excluding ortho intramolecular Hbond substituents is 1. The summed E-state index contributed by atoms with van der Waals surface area (Å²) >= 11 is 0. The Labute approximate surface area is 83.0 Å². The molecule has 0 bridgehead atoms. The second kappa shape index (κ2) is 4.13. The van der Waals surface area contributed by atoms with Crippen LogP contribution in [0.3, 0.4) is 0 Å². The van der Waals surface area contributed by atoms with Crippen LogP contribution in [0.15, 0.2) is 12.1 Å². The number of aryl methyl sites for hydroxylation is 3. The van der Waals surface area contributed by atoms with Gasteiger partial charge in [-0.15, -0.1) is 0 Å². The van der Waals surface area contributed by atoms with E-state index < -0.39 is 5.97 Å². The van der Waals surface area contributed by atoms with E-state index in [2.05, 4.69) is 0 Å². The lowest BCUT2D eigenvalue weighted by atomic mass is 10.0. The van der Waals surface area contributed by atoms with Crippen LogP contribution in [0.2, 0.25) is 0 Å². The fourth-order valence-corrected chi connectivity index (χ4v) is 1.44. The Hall–Kier alpha value is -1.51. The molecule has 0 heterocycles. The first-order valence-corrected chi connectivity index (χ1v) is 4.49. The third kappa shape index (κ3) is 2.49. The number of aromatic hydroxyl groups is 1. The first-order chi connectivity index (χ1) is 6.50. The average Bonchev–Trinajstić information content (AvgIpc) is 2.10. The van der Waals surface area contributed by atoms with Crippen molar-refractivity contribution in [3.8, 4) is 5.75 Å². The van der Waals surface area contributed by atoms with Crippen molar-refractivity contribution in [2.24, 2.45) is 0 Å². The molecule has 0 saturated heterocycles. The van der Waals surface area contributed by atoms with Gasteiger partial charge < -0.3 is 15.0 Å². The number of phenols is 1. The van der Waals surface area contributed by atoms with Gasteiger partial charge in [0.2, 0.25) is 0 Å². The first-order valence-electron chi connectivity index (χ1n) is 4.49. The highest BCUT2D eigenvalue weighted by Gasteiger charge is 2.03. The second-order valence-corrected chi connectivity index (χ2v) is 3.45. The van der Waals surface area contributed by atoms with E-state index in [4.69, 9.17) is 0 Å². The van der Waals surface area contributed by atoms with Crippen LogP contribution in [-0.4, -0.2) is 11.1 Å². The number of aliphatic carboxylic acids is 1. The van der Waals surface area contributed by atoms with Gasteiger partial charge in [-0.25, -0.2) is 0 Å². The molecule has 0 aliphatic heterocycles. The monoisotopic (exact) mass is 193 g/mol. The number of hydrogen-bond donors (Lipinski definition) is 1. The zero-order valence-electron chi connectivity index (χ0n) is 8.33. The molecule has 0 fully saturated rings. The molecular weight excluding hydrogens is 180 g/mol. The Kier molecular flexibility index (Phi) is 3.12. The molecule has 3 nitrogen and oxygen atoms in total. The fraction of sp³-hybridized carbons (Fsp3) is 0.364. The summed E-state index contributed by atoms with van der Waals surface area (Å²) in [6.07, 6.45) is 0.466. The van der Waals surface area contributed by atoms with Crippen LogP contribution >= 0.6 is 0 Å². The van der Waals surface area contributed by atoms with E-state index in [-0.39, 0.29) is 12.2 Å². The summed E-state index contributed by atoms with van der Waals surface area (Å²) in [5.74, 6) is -0.768. The summed E-state index contributed by atoms with van der Waals surface area (Å²) < 4.78 is 0. The SMILES string of the molecule is Cc1cc(CCC(=O)[O-])cc(C)c1O. The molecule has 0 aromatic heterocycles. The Balaban J connectivity index is 2.84. The largest absolute Gasteiger partial charge is 0.550 e. The highest BCUT2D eigenvalue weighted by Crippen LogP contribution is 2.23. The molecule has 1 aromatic carbocycles. The number of carboxylic acid groups (broad SMARTS) is 1. The molecule has 0 radical (unpaired) electrons. The lowest BCUT2D eigenvalue weighted by molar-refractivity contribution is -0.305. The Morgan fingerprint density at radius 2 is 1.86 bits per heavy atom. The van der Waals surface area contributed by atoms with Gasteiger partial charge in [0.15, 0.2) is 0 Å². The summed E-state index contributed by atoms with van der Waals surface area (Å²) in [5.41, 5.74) is 2.47. The van der Waals surface area contributed by atoms with E-state index in [1.165, 1.54) is 0 Å². The maximum Gasteiger partial charge on any atom is 0.121 e. The van der Waals surface area contributed by atoms with Crippen molar-refractivity contribution >= 4 is 5.97 Å². The predicted octanol–water partition coefficient (Wildman–Crippen LogP) is 0.692. The van der Waals surface area contributed by atoms with E-state index in [1.54, 1.807) is 26.0 Å². The number of hydrogen-bond acceptors (Lipinski definition) is 3. The number of rotatable bonds is 3. The molecular formula is C11H13O3-. The van der Waals surface area contributed by atoms with Crippen molar-refractivity contribution < 1.29 is 15.0 Å². The molecule has 76 valence electrons. The minimum atomic E-state index is -1.05. The Morgan fingerprint density at radius 1 is 1.36 bits per heavy atom. The van der Waals surface area contributed by atoms with Gasteiger partial charge in [-0.05, 0) is 43.4 Å². The van der Waals surface area contributed by atoms with Gasteiger partial charge in [-0.3, -0.25) is 0 Å². The van der Waals surface area contributed by atoms with Gasteiger partial charge in [0.1, 0.15) is 5.75 Å². The van der Waals surface area contributed by atoms with Crippen LogP contribution in [0.1, 0.15) is 23.1 Å². The van der Waals surface area contributed by atoms with Gasteiger partial charge in [-0.2, -0.15) is 0 Å². The third-order valence-corrected chi connectivity index (χ3v) is 2.17. The average molecular weight is 193 g/mol. The highest BCUT2D eigenvalue weighted by molar-refractivity contribution is 5.64. The maximum atomic E-state index is 10.2. The van der Waals surface area contributed by atoms with Crippen molar-refractivity contribution in [2.75, 3.05) is 0 Å². The maximum absolute atomic E-state index is 10.2. The molecule has 0 aliphatic rings. The van der Waals surface area contributed by atoms with E-state index in [9.17, 15) is 15.0 Å². The number of carbonyl (C=O) groups is 1. The molecule has 3 heteroatoms. The van der Waals surface area contributed by atoms with Gasteiger partial charge in [0.25, 0.3) is 0 Å². The Bertz CT molecular complexity index is 333. The van der Waals surface area contributed by atoms with Crippen LogP contribution in [0.5, 0.6) is 5.75 Å². The molecule has 0 amide bonds. The molecule has 1 rings (SSSR count). The lowest BCUT2D eigenvalue weighted by Crippen LogP contribution is -2.22. The summed E-state index contributed by atoms with van der Waals surface area (Å²) in [4.78, 5) is 10.2. The highest BCUT2D eigenvalue weighted by atomic mass is 16.4. The zero-order chi connectivity index (χ0) is 10.7. The molecule has 14 heavy (non-hydrogen) atoms. The first kappa shape index (κ1) is 10.6. The molecule has 0 atom stereocenters. The number of carbonyl (C=O) groups excluding carboxylic acids is 1. The molecule has 0 saturated carbocycles. The number of benzene rings is 1.